The van der Waals surface area contributed by atoms with Crippen molar-refractivity contribution in [3.8, 4) is 0 Å². The summed E-state index contributed by atoms with van der Waals surface area (Å²) in [6.45, 7) is 5.40. The van der Waals surface area contributed by atoms with E-state index in [4.69, 9.17) is 10.9 Å². The molecule has 0 aromatic carbocycles. The van der Waals surface area contributed by atoms with E-state index < -0.39 is 0 Å². The first-order valence-corrected chi connectivity index (χ1v) is 5.82. The lowest BCUT2D eigenvalue weighted by Gasteiger charge is -2.25. The summed E-state index contributed by atoms with van der Waals surface area (Å²) < 4.78 is 0. The number of nitrogens with zero attached hydrogens (tertiary/aromatic N) is 3. The average Bonchev–Trinajstić information content (AvgIpc) is 2.67. The van der Waals surface area contributed by atoms with Crippen LogP contribution < -0.4 is 10.6 Å². The highest BCUT2D eigenvalue weighted by atomic mass is 16.4. The second-order valence-electron chi connectivity index (χ2n) is 4.72. The highest BCUT2D eigenvalue weighted by molar-refractivity contribution is 6.02. The molecule has 2 heterocycles. The van der Waals surface area contributed by atoms with Gasteiger partial charge in [0.1, 0.15) is 0 Å². The van der Waals surface area contributed by atoms with E-state index in [9.17, 15) is 0 Å². The second-order valence-corrected chi connectivity index (χ2v) is 4.72. The maximum Gasteiger partial charge on any atom is 0.172 e. The highest BCUT2D eigenvalue weighted by Crippen LogP contribution is 2.30. The fraction of sp³-hybridized carbons (Fsp3) is 0.500. The van der Waals surface area contributed by atoms with E-state index in [2.05, 4.69) is 28.9 Å². The highest BCUT2D eigenvalue weighted by Gasteiger charge is 2.28. The van der Waals surface area contributed by atoms with Crippen molar-refractivity contribution in [3.05, 3.63) is 24.0 Å². The topological polar surface area (TPSA) is 74.7 Å². The third kappa shape index (κ3) is 2.18. The van der Waals surface area contributed by atoms with Gasteiger partial charge in [-0.25, -0.2) is 0 Å². The molecule has 0 radical (unpaired) electrons. The summed E-state index contributed by atoms with van der Waals surface area (Å²) in [6.07, 6.45) is 4.59. The summed E-state index contributed by atoms with van der Waals surface area (Å²) >= 11 is 0. The molecule has 2 rings (SSSR count). The Bertz CT molecular complexity index is 432. The van der Waals surface area contributed by atoms with Crippen LogP contribution in [0.2, 0.25) is 0 Å². The summed E-state index contributed by atoms with van der Waals surface area (Å²) in [4.78, 5) is 6.40. The third-order valence-electron chi connectivity index (χ3n) is 3.28. The Morgan fingerprint density at radius 2 is 2.35 bits per heavy atom. The van der Waals surface area contributed by atoms with E-state index in [1.54, 1.807) is 18.5 Å². The number of aromatic nitrogens is 1. The van der Waals surface area contributed by atoms with Gasteiger partial charge in [0.15, 0.2) is 5.84 Å². The molecule has 2 atom stereocenters. The molecule has 1 fully saturated rings. The predicted molar refractivity (Wildman–Crippen MR) is 67.3 cm³/mol. The zero-order valence-corrected chi connectivity index (χ0v) is 10.2. The number of pyridine rings is 1. The van der Waals surface area contributed by atoms with Crippen molar-refractivity contribution in [1.29, 1.82) is 0 Å². The summed E-state index contributed by atoms with van der Waals surface area (Å²) in [5.74, 6) is 0.791. The number of oxime groups is 1. The Balaban J connectivity index is 2.39. The van der Waals surface area contributed by atoms with Gasteiger partial charge in [0, 0.05) is 24.3 Å². The fourth-order valence-corrected chi connectivity index (χ4v) is 2.52. The molecule has 5 nitrogen and oxygen atoms in total. The first kappa shape index (κ1) is 11.7. The molecule has 3 N–H and O–H groups in total. The summed E-state index contributed by atoms with van der Waals surface area (Å²) in [6, 6.07) is 2.24. The molecule has 5 heteroatoms. The lowest BCUT2D eigenvalue weighted by molar-refractivity contribution is 0.318. The molecule has 2 unspecified atom stereocenters. The van der Waals surface area contributed by atoms with Crippen molar-refractivity contribution in [2.45, 2.75) is 26.3 Å². The Morgan fingerprint density at radius 3 is 2.94 bits per heavy atom. The van der Waals surface area contributed by atoms with Gasteiger partial charge in [-0.05, 0) is 25.3 Å². The average molecular weight is 234 g/mol. The van der Waals surface area contributed by atoms with Gasteiger partial charge in [0.2, 0.25) is 0 Å². The van der Waals surface area contributed by atoms with E-state index in [0.717, 1.165) is 24.2 Å². The summed E-state index contributed by atoms with van der Waals surface area (Å²) in [5, 5.41) is 11.9. The number of nitrogens with two attached hydrogens (primary N) is 1. The van der Waals surface area contributed by atoms with Gasteiger partial charge in [-0.3, -0.25) is 4.98 Å². The van der Waals surface area contributed by atoms with E-state index in [1.807, 2.05) is 0 Å². The van der Waals surface area contributed by atoms with E-state index in [0.29, 0.717) is 12.0 Å². The fourth-order valence-electron chi connectivity index (χ4n) is 2.52. The van der Waals surface area contributed by atoms with Gasteiger partial charge >= 0.3 is 0 Å². The van der Waals surface area contributed by atoms with Crippen LogP contribution in [0.15, 0.2) is 23.6 Å². The van der Waals surface area contributed by atoms with Gasteiger partial charge in [-0.15, -0.1) is 0 Å². The van der Waals surface area contributed by atoms with Gasteiger partial charge in [0.05, 0.1) is 11.9 Å². The number of hydrogen-bond donors (Lipinski definition) is 2. The molecule has 0 bridgehead atoms. The van der Waals surface area contributed by atoms with Gasteiger partial charge in [-0.2, -0.15) is 0 Å². The third-order valence-corrected chi connectivity index (χ3v) is 3.28. The van der Waals surface area contributed by atoms with Crippen LogP contribution in [0.3, 0.4) is 0 Å². The molecule has 1 aromatic heterocycles. The zero-order valence-electron chi connectivity index (χ0n) is 10.2. The van der Waals surface area contributed by atoms with E-state index in [-0.39, 0.29) is 5.84 Å². The Hall–Kier alpha value is -1.78. The Kier molecular flexibility index (Phi) is 3.17. The van der Waals surface area contributed by atoms with Gasteiger partial charge < -0.3 is 15.8 Å². The molecule has 92 valence electrons. The molecule has 0 amide bonds. The molecular weight excluding hydrogens is 216 g/mol. The van der Waals surface area contributed by atoms with Crippen LogP contribution in [-0.4, -0.2) is 28.6 Å². The van der Waals surface area contributed by atoms with Crippen molar-refractivity contribution in [2.24, 2.45) is 16.8 Å². The zero-order chi connectivity index (χ0) is 12.4. The van der Waals surface area contributed by atoms with Crippen LogP contribution in [-0.2, 0) is 0 Å². The first-order valence-electron chi connectivity index (χ1n) is 5.82. The van der Waals surface area contributed by atoms with Crippen molar-refractivity contribution in [2.75, 3.05) is 11.4 Å². The monoisotopic (exact) mass is 234 g/mol. The van der Waals surface area contributed by atoms with Gasteiger partial charge in [-0.1, -0.05) is 12.1 Å². The molecular formula is C12H18N4O. The second kappa shape index (κ2) is 4.61. The number of rotatable bonds is 2. The molecule has 17 heavy (non-hydrogen) atoms. The quantitative estimate of drug-likeness (QED) is 0.351. The lowest BCUT2D eigenvalue weighted by atomic mass is 10.1. The van der Waals surface area contributed by atoms with Crippen LogP contribution in [0.25, 0.3) is 0 Å². The van der Waals surface area contributed by atoms with E-state index >= 15 is 0 Å². The number of anilines is 1. The summed E-state index contributed by atoms with van der Waals surface area (Å²) in [5.41, 5.74) is 7.37. The van der Waals surface area contributed by atoms with Crippen molar-refractivity contribution >= 4 is 11.5 Å². The maximum absolute atomic E-state index is 8.80. The van der Waals surface area contributed by atoms with Crippen LogP contribution in [0.4, 0.5) is 5.69 Å². The molecule has 0 aliphatic carbocycles. The number of amidine groups is 1. The normalized spacial score (nSPS) is 25.3. The molecule has 1 saturated heterocycles. The molecule has 1 aromatic rings. The molecule has 0 spiro atoms. The first-order chi connectivity index (χ1) is 8.13. The van der Waals surface area contributed by atoms with Crippen molar-refractivity contribution in [3.63, 3.8) is 0 Å². The minimum Gasteiger partial charge on any atom is -0.409 e. The maximum atomic E-state index is 8.80. The SMILES string of the molecule is CC1CC(C)N(c2cnccc2/C(N)=N/O)C1. The summed E-state index contributed by atoms with van der Waals surface area (Å²) in [7, 11) is 0. The smallest absolute Gasteiger partial charge is 0.172 e. The Morgan fingerprint density at radius 1 is 1.59 bits per heavy atom. The minimum atomic E-state index is 0.133. The van der Waals surface area contributed by atoms with Crippen molar-refractivity contribution < 1.29 is 5.21 Å². The van der Waals surface area contributed by atoms with Crippen molar-refractivity contribution in [1.82, 2.24) is 4.98 Å². The van der Waals surface area contributed by atoms with Crippen LogP contribution in [0, 0.1) is 5.92 Å². The predicted octanol–water partition coefficient (Wildman–Crippen LogP) is 1.41. The lowest BCUT2D eigenvalue weighted by Crippen LogP contribution is -2.29. The van der Waals surface area contributed by atoms with Gasteiger partial charge in [0.25, 0.3) is 0 Å². The van der Waals surface area contributed by atoms with E-state index in [1.165, 1.54) is 0 Å². The molecule has 1 aliphatic heterocycles. The Labute approximate surface area is 101 Å². The minimum absolute atomic E-state index is 0.133. The van der Waals surface area contributed by atoms with Crippen LogP contribution in [0.1, 0.15) is 25.8 Å². The number of hydrogen-bond acceptors (Lipinski definition) is 4. The molecule has 1 aliphatic rings. The standard InChI is InChI=1S/C12H18N4O/c1-8-5-9(2)16(7-8)11-6-14-4-3-10(11)12(13)15-17/h3-4,6,8-9,17H,5,7H2,1-2H3,(H2,13,15). The van der Waals surface area contributed by atoms with Crippen LogP contribution in [0.5, 0.6) is 0 Å². The largest absolute Gasteiger partial charge is 0.409 e. The molecule has 0 saturated carbocycles. The van der Waals surface area contributed by atoms with Crippen LogP contribution >= 0.6 is 0 Å².